The Morgan fingerprint density at radius 1 is 1.05 bits per heavy atom. The van der Waals surface area contributed by atoms with E-state index in [1.54, 1.807) is 11.3 Å². The molecule has 5 rings (SSSR count). The second-order valence-corrected chi connectivity index (χ2v) is 11.7. The van der Waals surface area contributed by atoms with Crippen molar-refractivity contribution < 1.29 is 0 Å². The second kappa shape index (κ2) is 11.4. The van der Waals surface area contributed by atoms with Crippen LogP contribution in [0.1, 0.15) is 48.2 Å². The number of hydrogen-bond acceptors (Lipinski definition) is 4. The van der Waals surface area contributed by atoms with Crippen molar-refractivity contribution in [3.8, 4) is 22.5 Å². The summed E-state index contributed by atoms with van der Waals surface area (Å²) < 4.78 is 0. The van der Waals surface area contributed by atoms with Gasteiger partial charge in [-0.3, -0.25) is 10.1 Å². The fraction of sp³-hybridized carbons (Fsp3) is 0.176. The molecule has 0 aliphatic heterocycles. The summed E-state index contributed by atoms with van der Waals surface area (Å²) in [7, 11) is 0. The van der Waals surface area contributed by atoms with Gasteiger partial charge in [-0.2, -0.15) is 5.10 Å². The number of pyridine rings is 1. The van der Waals surface area contributed by atoms with E-state index in [1.165, 1.54) is 9.75 Å². The molecule has 5 aromatic rings. The molecule has 0 aliphatic carbocycles. The first-order valence-corrected chi connectivity index (χ1v) is 14.2. The number of H-pyrrole nitrogens is 2. The number of aromatic amines is 2. The summed E-state index contributed by atoms with van der Waals surface area (Å²) in [6, 6.07) is 14.9. The Morgan fingerprint density at radius 2 is 1.85 bits per heavy atom. The molecule has 0 saturated carbocycles. The number of fused-ring (bicyclic) bond motifs is 1. The van der Waals surface area contributed by atoms with Crippen LogP contribution in [0.4, 0.5) is 5.69 Å². The maximum absolute atomic E-state index is 4.70. The van der Waals surface area contributed by atoms with Crippen LogP contribution in [0.5, 0.6) is 0 Å². The number of hydrogen-bond donors (Lipinski definition) is 3. The minimum absolute atomic E-state index is 0.540. The quantitative estimate of drug-likeness (QED) is 0.153. The number of rotatable bonds is 10. The summed E-state index contributed by atoms with van der Waals surface area (Å²) in [5.74, 6) is 0.540. The highest BCUT2D eigenvalue weighted by molar-refractivity contribution is 7.14. The zero-order chi connectivity index (χ0) is 28.4. The molecular formula is C34H35N5S. The molecule has 0 radical (unpaired) electrons. The van der Waals surface area contributed by atoms with Crippen LogP contribution in [-0.2, 0) is 0 Å². The fourth-order valence-electron chi connectivity index (χ4n) is 4.91. The topological polar surface area (TPSA) is 69.4 Å². The standard InChI is InChI=1S/C34H35N5S/c1-8-9-27(33-13-12-32(40-33)21(4)5)28-17-31(37-23(28)7)34-29-16-24(10-11-30(29)38-39-34)25-15-26(19-35-18-25)36-22(6)14-20(2)3/h8-13,15-20,36-37H,1,4,6,14H2,2-3,5,7H3,(H,38,39)/b27-9+. The van der Waals surface area contributed by atoms with Crippen molar-refractivity contribution >= 4 is 39.1 Å². The third kappa shape index (κ3) is 5.63. The largest absolute Gasteiger partial charge is 0.358 e. The van der Waals surface area contributed by atoms with Crippen molar-refractivity contribution in [2.24, 2.45) is 5.92 Å². The summed E-state index contributed by atoms with van der Waals surface area (Å²) >= 11 is 1.74. The highest BCUT2D eigenvalue weighted by Gasteiger charge is 2.17. The Balaban J connectivity index is 1.50. The molecule has 0 unspecified atom stereocenters. The highest BCUT2D eigenvalue weighted by Crippen LogP contribution is 2.37. The number of nitrogens with zero attached hydrogens (tertiary/aromatic N) is 2. The van der Waals surface area contributed by atoms with E-state index in [2.05, 4.69) is 109 Å². The Kier molecular flexibility index (Phi) is 7.71. The lowest BCUT2D eigenvalue weighted by Crippen LogP contribution is -2.02. The lowest BCUT2D eigenvalue weighted by atomic mass is 10.0. The van der Waals surface area contributed by atoms with Crippen molar-refractivity contribution in [3.63, 3.8) is 0 Å². The van der Waals surface area contributed by atoms with Gasteiger partial charge in [-0.1, -0.05) is 51.8 Å². The Morgan fingerprint density at radius 3 is 2.58 bits per heavy atom. The van der Waals surface area contributed by atoms with Crippen LogP contribution in [0, 0.1) is 12.8 Å². The van der Waals surface area contributed by atoms with E-state index in [0.717, 1.165) is 73.6 Å². The number of aryl methyl sites for hydroxylation is 1. The lowest BCUT2D eigenvalue weighted by Gasteiger charge is -2.12. The van der Waals surface area contributed by atoms with E-state index in [4.69, 9.17) is 5.10 Å². The molecule has 3 N–H and O–H groups in total. The predicted octanol–water partition coefficient (Wildman–Crippen LogP) is 9.61. The molecular weight excluding hydrogens is 510 g/mol. The van der Waals surface area contributed by atoms with Crippen LogP contribution in [0.15, 0.2) is 92.4 Å². The summed E-state index contributed by atoms with van der Waals surface area (Å²) in [5.41, 5.74) is 11.2. The van der Waals surface area contributed by atoms with E-state index in [0.29, 0.717) is 5.92 Å². The number of aromatic nitrogens is 4. The molecule has 5 nitrogen and oxygen atoms in total. The maximum Gasteiger partial charge on any atom is 0.116 e. The molecule has 0 spiro atoms. The Bertz CT molecular complexity index is 1760. The van der Waals surface area contributed by atoms with Crippen LogP contribution in [-0.4, -0.2) is 20.2 Å². The highest BCUT2D eigenvalue weighted by atomic mass is 32.1. The van der Waals surface area contributed by atoms with Gasteiger partial charge in [-0.25, -0.2) is 0 Å². The van der Waals surface area contributed by atoms with E-state index in [-0.39, 0.29) is 0 Å². The fourth-order valence-corrected chi connectivity index (χ4v) is 5.88. The van der Waals surface area contributed by atoms with Gasteiger partial charge in [0.05, 0.1) is 23.1 Å². The molecule has 6 heteroatoms. The third-order valence-electron chi connectivity index (χ3n) is 6.75. The maximum atomic E-state index is 4.70. The molecule has 0 amide bonds. The first kappa shape index (κ1) is 27.2. The first-order chi connectivity index (χ1) is 19.2. The molecule has 202 valence electrons. The number of anilines is 1. The van der Waals surface area contributed by atoms with Gasteiger partial charge in [0, 0.05) is 49.4 Å². The van der Waals surface area contributed by atoms with Gasteiger partial charge in [0.15, 0.2) is 0 Å². The normalized spacial score (nSPS) is 11.8. The van der Waals surface area contributed by atoms with Crippen molar-refractivity contribution in [2.45, 2.75) is 34.1 Å². The number of nitrogens with one attached hydrogen (secondary N) is 3. The summed E-state index contributed by atoms with van der Waals surface area (Å²) in [5, 5.41) is 12.4. The van der Waals surface area contributed by atoms with Gasteiger partial charge < -0.3 is 10.3 Å². The van der Waals surface area contributed by atoms with Gasteiger partial charge in [-0.15, -0.1) is 11.3 Å². The molecule has 0 atom stereocenters. The summed E-state index contributed by atoms with van der Waals surface area (Å²) in [4.78, 5) is 10.4. The molecule has 0 aliphatic rings. The van der Waals surface area contributed by atoms with Crippen LogP contribution < -0.4 is 5.32 Å². The SMILES string of the molecule is C=C/C=C(/c1ccc(C(=C)C)s1)c1cc(-c2n[nH]c3ccc(-c4cncc(NC(=C)CC(C)C)c4)cc23)[nH]c1C. The van der Waals surface area contributed by atoms with Gasteiger partial charge >= 0.3 is 0 Å². The van der Waals surface area contributed by atoms with E-state index in [9.17, 15) is 0 Å². The average molecular weight is 546 g/mol. The molecule has 4 heterocycles. The van der Waals surface area contributed by atoms with Crippen LogP contribution in [0.3, 0.4) is 0 Å². The number of benzene rings is 1. The van der Waals surface area contributed by atoms with Crippen molar-refractivity contribution in [1.29, 1.82) is 0 Å². The zero-order valence-corrected chi connectivity index (χ0v) is 24.4. The molecule has 1 aromatic carbocycles. The van der Waals surface area contributed by atoms with Gasteiger partial charge in [0.25, 0.3) is 0 Å². The molecule has 0 saturated heterocycles. The predicted molar refractivity (Wildman–Crippen MR) is 172 cm³/mol. The number of thiophene rings is 1. The summed E-state index contributed by atoms with van der Waals surface area (Å²) in [6.45, 7) is 20.7. The van der Waals surface area contributed by atoms with Gasteiger partial charge in [0.1, 0.15) is 5.69 Å². The molecule has 0 bridgehead atoms. The second-order valence-electron chi connectivity index (χ2n) is 10.6. The molecule has 40 heavy (non-hydrogen) atoms. The van der Waals surface area contributed by atoms with Crippen molar-refractivity contribution in [1.82, 2.24) is 20.2 Å². The minimum Gasteiger partial charge on any atom is -0.358 e. The van der Waals surface area contributed by atoms with E-state index >= 15 is 0 Å². The van der Waals surface area contributed by atoms with E-state index < -0.39 is 0 Å². The average Bonchev–Trinajstić information content (AvgIpc) is 3.65. The van der Waals surface area contributed by atoms with Gasteiger partial charge in [-0.05, 0) is 73.7 Å². The molecule has 0 fully saturated rings. The van der Waals surface area contributed by atoms with Crippen LogP contribution in [0.2, 0.25) is 0 Å². The zero-order valence-electron chi connectivity index (χ0n) is 23.6. The Labute approximate surface area is 240 Å². The smallest absolute Gasteiger partial charge is 0.116 e. The number of allylic oxidation sites excluding steroid dienone is 4. The summed E-state index contributed by atoms with van der Waals surface area (Å²) in [6.07, 6.45) is 8.55. The minimum atomic E-state index is 0.540. The van der Waals surface area contributed by atoms with Crippen molar-refractivity contribution in [3.05, 3.63) is 113 Å². The van der Waals surface area contributed by atoms with Gasteiger partial charge in [0.2, 0.25) is 0 Å². The van der Waals surface area contributed by atoms with Crippen LogP contribution in [0.25, 0.3) is 44.6 Å². The monoisotopic (exact) mass is 545 g/mol. The third-order valence-corrected chi connectivity index (χ3v) is 8.03. The Hall–Kier alpha value is -4.42. The molecule has 4 aromatic heterocycles. The van der Waals surface area contributed by atoms with Crippen molar-refractivity contribution in [2.75, 3.05) is 5.32 Å². The van der Waals surface area contributed by atoms with Crippen LogP contribution >= 0.6 is 11.3 Å². The van der Waals surface area contributed by atoms with E-state index in [1.807, 2.05) is 25.4 Å². The first-order valence-electron chi connectivity index (χ1n) is 13.4. The lowest BCUT2D eigenvalue weighted by molar-refractivity contribution is 0.645.